The molecule has 1 amide bonds. The molecule has 0 aromatic heterocycles. The lowest BCUT2D eigenvalue weighted by atomic mass is 10.1. The first-order chi connectivity index (χ1) is 10.6. The SMILES string of the molecule is CCCOC(=O)c1cccc(NC(=O)c2ccccc2F)c1. The molecule has 5 heteroatoms. The van der Waals surface area contributed by atoms with Crippen LogP contribution < -0.4 is 5.32 Å². The fraction of sp³-hybridized carbons (Fsp3) is 0.176. The Morgan fingerprint density at radius 2 is 1.91 bits per heavy atom. The molecule has 2 aromatic carbocycles. The van der Waals surface area contributed by atoms with E-state index in [4.69, 9.17) is 4.74 Å². The molecule has 114 valence electrons. The van der Waals surface area contributed by atoms with Crippen molar-refractivity contribution >= 4 is 17.6 Å². The molecule has 1 N–H and O–H groups in total. The Labute approximate surface area is 127 Å². The van der Waals surface area contributed by atoms with E-state index in [-0.39, 0.29) is 5.56 Å². The topological polar surface area (TPSA) is 55.4 Å². The Balaban J connectivity index is 2.12. The summed E-state index contributed by atoms with van der Waals surface area (Å²) in [6.45, 7) is 2.24. The molecule has 0 aliphatic carbocycles. The number of carbonyl (C=O) groups is 2. The summed E-state index contributed by atoms with van der Waals surface area (Å²) >= 11 is 0. The van der Waals surface area contributed by atoms with E-state index in [0.29, 0.717) is 17.9 Å². The van der Waals surface area contributed by atoms with Gasteiger partial charge in [-0.15, -0.1) is 0 Å². The zero-order chi connectivity index (χ0) is 15.9. The number of ether oxygens (including phenoxy) is 1. The maximum atomic E-state index is 13.6. The minimum Gasteiger partial charge on any atom is -0.462 e. The Hall–Kier alpha value is -2.69. The lowest BCUT2D eigenvalue weighted by Gasteiger charge is -2.08. The third kappa shape index (κ3) is 3.91. The first kappa shape index (κ1) is 15.7. The van der Waals surface area contributed by atoms with Crippen LogP contribution in [0, 0.1) is 5.82 Å². The fourth-order valence-electron chi connectivity index (χ4n) is 1.85. The van der Waals surface area contributed by atoms with Crippen LogP contribution in [0.15, 0.2) is 48.5 Å². The number of rotatable bonds is 5. The van der Waals surface area contributed by atoms with Crippen LogP contribution >= 0.6 is 0 Å². The van der Waals surface area contributed by atoms with Crippen molar-refractivity contribution in [1.82, 2.24) is 0 Å². The number of nitrogens with one attached hydrogen (secondary N) is 1. The number of anilines is 1. The number of esters is 1. The van der Waals surface area contributed by atoms with E-state index in [1.165, 1.54) is 24.3 Å². The number of amides is 1. The van der Waals surface area contributed by atoms with Crippen LogP contribution in [0.4, 0.5) is 10.1 Å². The number of carbonyl (C=O) groups excluding carboxylic acids is 2. The predicted molar refractivity (Wildman–Crippen MR) is 81.4 cm³/mol. The van der Waals surface area contributed by atoms with Crippen LogP contribution in [-0.4, -0.2) is 18.5 Å². The van der Waals surface area contributed by atoms with Gasteiger partial charge in [0, 0.05) is 5.69 Å². The monoisotopic (exact) mass is 301 g/mol. The van der Waals surface area contributed by atoms with Crippen LogP contribution in [0.5, 0.6) is 0 Å². The number of benzene rings is 2. The summed E-state index contributed by atoms with van der Waals surface area (Å²) in [4.78, 5) is 23.8. The fourth-order valence-corrected chi connectivity index (χ4v) is 1.85. The smallest absolute Gasteiger partial charge is 0.338 e. The second-order valence-electron chi connectivity index (χ2n) is 4.65. The third-order valence-corrected chi connectivity index (χ3v) is 2.91. The van der Waals surface area contributed by atoms with E-state index in [1.807, 2.05) is 6.92 Å². The molecule has 4 nitrogen and oxygen atoms in total. The van der Waals surface area contributed by atoms with Gasteiger partial charge in [-0.05, 0) is 36.8 Å². The minimum atomic E-state index is -0.599. The van der Waals surface area contributed by atoms with E-state index in [0.717, 1.165) is 6.42 Å². The maximum Gasteiger partial charge on any atom is 0.338 e. The van der Waals surface area contributed by atoms with Crippen molar-refractivity contribution in [2.45, 2.75) is 13.3 Å². The van der Waals surface area contributed by atoms with Gasteiger partial charge in [0.15, 0.2) is 0 Å². The van der Waals surface area contributed by atoms with E-state index < -0.39 is 17.7 Å². The van der Waals surface area contributed by atoms with Crippen LogP contribution in [0.2, 0.25) is 0 Å². The van der Waals surface area contributed by atoms with Gasteiger partial charge in [0.2, 0.25) is 0 Å². The zero-order valence-electron chi connectivity index (χ0n) is 12.1. The summed E-state index contributed by atoms with van der Waals surface area (Å²) in [5.74, 6) is -1.63. The zero-order valence-corrected chi connectivity index (χ0v) is 12.1. The molecule has 0 aliphatic rings. The Kier molecular flexibility index (Phi) is 5.25. The van der Waals surface area contributed by atoms with Crippen molar-refractivity contribution in [1.29, 1.82) is 0 Å². The first-order valence-electron chi connectivity index (χ1n) is 6.95. The molecule has 22 heavy (non-hydrogen) atoms. The van der Waals surface area contributed by atoms with Crippen LogP contribution in [0.3, 0.4) is 0 Å². The summed E-state index contributed by atoms with van der Waals surface area (Å²) in [6.07, 6.45) is 0.732. The molecule has 0 bridgehead atoms. The number of hydrogen-bond acceptors (Lipinski definition) is 3. The van der Waals surface area contributed by atoms with Gasteiger partial charge in [-0.1, -0.05) is 25.1 Å². The molecule has 0 fully saturated rings. The van der Waals surface area contributed by atoms with Gasteiger partial charge in [0.1, 0.15) is 5.82 Å². The highest BCUT2D eigenvalue weighted by atomic mass is 19.1. The first-order valence-corrected chi connectivity index (χ1v) is 6.95. The predicted octanol–water partition coefficient (Wildman–Crippen LogP) is 3.64. The third-order valence-electron chi connectivity index (χ3n) is 2.91. The van der Waals surface area contributed by atoms with Crippen molar-refractivity contribution in [3.8, 4) is 0 Å². The normalized spacial score (nSPS) is 10.1. The highest BCUT2D eigenvalue weighted by molar-refractivity contribution is 6.05. The second-order valence-corrected chi connectivity index (χ2v) is 4.65. The summed E-state index contributed by atoms with van der Waals surface area (Å²) in [5, 5.41) is 2.56. The van der Waals surface area contributed by atoms with Gasteiger partial charge in [0.05, 0.1) is 17.7 Å². The Morgan fingerprint density at radius 3 is 2.64 bits per heavy atom. The number of hydrogen-bond donors (Lipinski definition) is 1. The molecule has 2 rings (SSSR count). The van der Waals surface area contributed by atoms with Gasteiger partial charge in [0.25, 0.3) is 5.91 Å². The van der Waals surface area contributed by atoms with Gasteiger partial charge in [-0.2, -0.15) is 0 Å². The van der Waals surface area contributed by atoms with Crippen molar-refractivity contribution in [2.75, 3.05) is 11.9 Å². The van der Waals surface area contributed by atoms with Crippen molar-refractivity contribution in [3.63, 3.8) is 0 Å². The van der Waals surface area contributed by atoms with Gasteiger partial charge < -0.3 is 10.1 Å². The molecule has 0 heterocycles. The van der Waals surface area contributed by atoms with E-state index in [9.17, 15) is 14.0 Å². The molecule has 0 saturated carbocycles. The van der Waals surface area contributed by atoms with E-state index >= 15 is 0 Å². The van der Waals surface area contributed by atoms with Gasteiger partial charge in [-0.3, -0.25) is 4.79 Å². The second kappa shape index (κ2) is 7.36. The van der Waals surface area contributed by atoms with E-state index in [2.05, 4.69) is 5.32 Å². The van der Waals surface area contributed by atoms with Crippen LogP contribution in [0.25, 0.3) is 0 Å². The van der Waals surface area contributed by atoms with Crippen molar-refractivity contribution in [2.24, 2.45) is 0 Å². The van der Waals surface area contributed by atoms with Gasteiger partial charge in [-0.25, -0.2) is 9.18 Å². The molecule has 0 aliphatic heterocycles. The Morgan fingerprint density at radius 1 is 1.14 bits per heavy atom. The highest BCUT2D eigenvalue weighted by Gasteiger charge is 2.12. The average Bonchev–Trinajstić information content (AvgIpc) is 2.53. The highest BCUT2D eigenvalue weighted by Crippen LogP contribution is 2.14. The molecule has 0 unspecified atom stereocenters. The summed E-state index contributed by atoms with van der Waals surface area (Å²) < 4.78 is 18.6. The number of halogens is 1. The molecule has 2 aromatic rings. The van der Waals surface area contributed by atoms with Gasteiger partial charge >= 0.3 is 5.97 Å². The summed E-state index contributed by atoms with van der Waals surface area (Å²) in [6, 6.07) is 12.0. The minimum absolute atomic E-state index is 0.0542. The summed E-state index contributed by atoms with van der Waals surface area (Å²) in [5.41, 5.74) is 0.681. The average molecular weight is 301 g/mol. The molecule has 0 radical (unpaired) electrons. The van der Waals surface area contributed by atoms with Crippen LogP contribution in [0.1, 0.15) is 34.1 Å². The lowest BCUT2D eigenvalue weighted by Crippen LogP contribution is -2.14. The standard InChI is InChI=1S/C17H16FNO3/c1-2-10-22-17(21)12-6-5-7-13(11-12)19-16(20)14-8-3-4-9-15(14)18/h3-9,11H,2,10H2,1H3,(H,19,20). The Bertz CT molecular complexity index is 685. The molecule has 0 atom stereocenters. The summed E-state index contributed by atoms with van der Waals surface area (Å²) in [7, 11) is 0. The van der Waals surface area contributed by atoms with E-state index in [1.54, 1.807) is 24.3 Å². The van der Waals surface area contributed by atoms with Crippen molar-refractivity contribution < 1.29 is 18.7 Å². The molecule has 0 spiro atoms. The largest absolute Gasteiger partial charge is 0.462 e. The van der Waals surface area contributed by atoms with Crippen LogP contribution in [-0.2, 0) is 4.74 Å². The quantitative estimate of drug-likeness (QED) is 0.858. The lowest BCUT2D eigenvalue weighted by molar-refractivity contribution is 0.0505. The molecular weight excluding hydrogens is 285 g/mol. The molecular formula is C17H16FNO3. The van der Waals surface area contributed by atoms with Crippen molar-refractivity contribution in [3.05, 3.63) is 65.5 Å². The maximum absolute atomic E-state index is 13.6. The molecule has 0 saturated heterocycles.